The number of carbonyl (C=O) groups is 5. The van der Waals surface area contributed by atoms with Crippen molar-refractivity contribution >= 4 is 52.5 Å². The lowest BCUT2D eigenvalue weighted by molar-refractivity contribution is -0.136. The fourth-order valence-corrected chi connectivity index (χ4v) is 10.5. The van der Waals surface area contributed by atoms with E-state index in [9.17, 15) is 29.2 Å². The number of piperidine rings is 2. The average Bonchev–Trinajstić information content (AvgIpc) is 3.48. The summed E-state index contributed by atoms with van der Waals surface area (Å²) in [6.45, 7) is 9.25. The van der Waals surface area contributed by atoms with Crippen molar-refractivity contribution in [2.45, 2.75) is 83.1 Å². The fraction of sp³-hybridized carbons (Fsp3) is 0.500. The lowest BCUT2D eigenvalue weighted by Crippen LogP contribution is -2.54. The van der Waals surface area contributed by atoms with E-state index in [1.807, 2.05) is 34.1 Å². The molecule has 4 fully saturated rings. The maximum absolute atomic E-state index is 15.5. The molecule has 0 spiro atoms. The number of nitrogens with zero attached hydrogens (tertiary/aromatic N) is 6. The Balaban J connectivity index is 0.792. The smallest absolute Gasteiger partial charge is 0.262 e. The first-order chi connectivity index (χ1) is 30.0. The summed E-state index contributed by atoms with van der Waals surface area (Å²) in [5.74, 6) is -1.73. The highest BCUT2D eigenvalue weighted by atomic mass is 35.5. The van der Waals surface area contributed by atoms with Gasteiger partial charge in [-0.05, 0) is 117 Å². The van der Waals surface area contributed by atoms with Gasteiger partial charge in [0.25, 0.3) is 17.7 Å². The Morgan fingerprint density at radius 3 is 2.19 bits per heavy atom. The molecule has 2 unspecified atom stereocenters. The zero-order chi connectivity index (χ0) is 43.5. The molecule has 12 nitrogen and oxygen atoms in total. The van der Waals surface area contributed by atoms with Crippen LogP contribution in [0.5, 0.6) is 0 Å². The molecule has 4 saturated heterocycles. The summed E-state index contributed by atoms with van der Waals surface area (Å²) in [5, 5.41) is 12.1. The third-order valence-electron chi connectivity index (χ3n) is 13.9. The Hall–Kier alpha value is -5.32. The zero-order valence-electron chi connectivity index (χ0n) is 35.4. The summed E-state index contributed by atoms with van der Waals surface area (Å²) in [5.41, 5.74) is 3.90. The zero-order valence-corrected chi connectivity index (χ0v) is 36.2. The van der Waals surface area contributed by atoms with Crippen LogP contribution in [-0.4, -0.2) is 109 Å². The topological polar surface area (TPSA) is 137 Å². The summed E-state index contributed by atoms with van der Waals surface area (Å²) in [6.07, 6.45) is 8.40. The van der Waals surface area contributed by atoms with Crippen molar-refractivity contribution in [3.63, 3.8) is 0 Å². The Labute approximate surface area is 367 Å². The summed E-state index contributed by atoms with van der Waals surface area (Å²) >= 11 is 6.42. The number of anilines is 2. The molecule has 5 amide bonds. The molecule has 0 bridgehead atoms. The van der Waals surface area contributed by atoms with Gasteiger partial charge in [0.2, 0.25) is 11.8 Å². The van der Waals surface area contributed by atoms with Crippen LogP contribution >= 0.6 is 11.6 Å². The lowest BCUT2D eigenvalue weighted by Gasteiger charge is -2.39. The van der Waals surface area contributed by atoms with E-state index in [-0.39, 0.29) is 35.6 Å². The number of benzene rings is 3. The Morgan fingerprint density at radius 1 is 0.790 bits per heavy atom. The van der Waals surface area contributed by atoms with Crippen LogP contribution < -0.4 is 15.1 Å². The van der Waals surface area contributed by atoms with Crippen LogP contribution in [0.25, 0.3) is 0 Å². The van der Waals surface area contributed by atoms with Crippen molar-refractivity contribution in [2.24, 2.45) is 11.8 Å². The molecular formula is C48H55ClFN7O5. The molecular weight excluding hydrogens is 809 g/mol. The van der Waals surface area contributed by atoms with Gasteiger partial charge in [0.1, 0.15) is 17.9 Å². The number of piperazine rings is 1. The molecule has 5 aliphatic rings. The van der Waals surface area contributed by atoms with Crippen LogP contribution in [0.2, 0.25) is 5.02 Å². The third kappa shape index (κ3) is 9.23. The van der Waals surface area contributed by atoms with Gasteiger partial charge in [-0.25, -0.2) is 4.39 Å². The minimum atomic E-state index is -1.10. The highest BCUT2D eigenvalue weighted by Gasteiger charge is 2.45. The van der Waals surface area contributed by atoms with Crippen LogP contribution in [0.3, 0.4) is 0 Å². The molecule has 326 valence electrons. The minimum Gasteiger partial charge on any atom is -0.372 e. The van der Waals surface area contributed by atoms with Crippen LogP contribution in [0, 0.1) is 29.0 Å². The molecule has 0 aliphatic carbocycles. The summed E-state index contributed by atoms with van der Waals surface area (Å²) < 4.78 is 15.5. The predicted octanol–water partition coefficient (Wildman–Crippen LogP) is 7.01. The van der Waals surface area contributed by atoms with Gasteiger partial charge in [0.15, 0.2) is 0 Å². The van der Waals surface area contributed by atoms with Gasteiger partial charge < -0.3 is 14.7 Å². The molecule has 0 saturated carbocycles. The van der Waals surface area contributed by atoms with Crippen molar-refractivity contribution < 1.29 is 28.4 Å². The molecule has 14 heteroatoms. The van der Waals surface area contributed by atoms with Gasteiger partial charge in [-0.15, -0.1) is 0 Å². The molecule has 0 aromatic heterocycles. The number of carbonyl (C=O) groups excluding carboxylic acids is 5. The van der Waals surface area contributed by atoms with Crippen molar-refractivity contribution in [3.05, 3.63) is 93.3 Å². The van der Waals surface area contributed by atoms with E-state index in [2.05, 4.69) is 46.3 Å². The molecule has 3 atom stereocenters. The molecule has 8 rings (SSSR count). The Kier molecular flexibility index (Phi) is 13.3. The van der Waals surface area contributed by atoms with Gasteiger partial charge >= 0.3 is 0 Å². The van der Waals surface area contributed by atoms with Crippen molar-refractivity contribution in [2.75, 3.05) is 68.7 Å². The summed E-state index contributed by atoms with van der Waals surface area (Å²) in [6, 6.07) is 17.7. The average molecular weight is 864 g/mol. The van der Waals surface area contributed by atoms with Gasteiger partial charge in [-0.1, -0.05) is 37.4 Å². The largest absolute Gasteiger partial charge is 0.372 e. The molecule has 5 heterocycles. The van der Waals surface area contributed by atoms with Crippen LogP contribution in [0.1, 0.15) is 119 Å². The van der Waals surface area contributed by atoms with E-state index in [0.717, 1.165) is 101 Å². The van der Waals surface area contributed by atoms with Gasteiger partial charge in [0, 0.05) is 76.6 Å². The number of hydrogen-bond donors (Lipinski definition) is 1. The molecule has 3 aromatic rings. The van der Waals surface area contributed by atoms with Crippen LogP contribution in [0.15, 0.2) is 54.6 Å². The Morgan fingerprint density at radius 2 is 1.50 bits per heavy atom. The molecule has 0 radical (unpaired) electrons. The first kappa shape index (κ1) is 43.3. The van der Waals surface area contributed by atoms with Crippen molar-refractivity contribution in [1.29, 1.82) is 5.26 Å². The number of imide groups is 2. The highest BCUT2D eigenvalue weighted by Crippen LogP contribution is 2.37. The van der Waals surface area contributed by atoms with E-state index in [4.69, 9.17) is 11.6 Å². The molecule has 5 aliphatic heterocycles. The SMILES string of the molecule is C[C@H]1CCCN(c2ccc(C(=O)N3CCN(CC4CCN(c5cc6c(cc5F)C(=O)N(C5CCC(=O)NC5=O)C6=O)CC4)CC3)cc2)CCCCCC1c1ccc(C#N)c(Cl)c1. The second-order valence-electron chi connectivity index (χ2n) is 17.8. The maximum Gasteiger partial charge on any atom is 0.262 e. The van der Waals surface area contributed by atoms with Gasteiger partial charge in [-0.2, -0.15) is 5.26 Å². The van der Waals surface area contributed by atoms with E-state index >= 15 is 4.39 Å². The first-order valence-electron chi connectivity index (χ1n) is 22.3. The molecule has 3 aromatic carbocycles. The summed E-state index contributed by atoms with van der Waals surface area (Å²) in [4.78, 5) is 73.8. The number of amides is 5. The number of fused-ring (bicyclic) bond motifs is 1. The Bertz CT molecular complexity index is 2250. The normalized spacial score (nSPS) is 23.5. The minimum absolute atomic E-state index is 0.0177. The highest BCUT2D eigenvalue weighted by molar-refractivity contribution is 6.31. The number of halogens is 2. The van der Waals surface area contributed by atoms with E-state index in [0.29, 0.717) is 60.1 Å². The lowest BCUT2D eigenvalue weighted by atomic mass is 9.81. The number of nitrogens with one attached hydrogen (secondary N) is 1. The quantitative estimate of drug-likeness (QED) is 0.249. The van der Waals surface area contributed by atoms with Gasteiger partial charge in [0.05, 0.1) is 27.4 Å². The number of nitriles is 1. The van der Waals surface area contributed by atoms with Crippen LogP contribution in [0.4, 0.5) is 15.8 Å². The monoisotopic (exact) mass is 863 g/mol. The van der Waals surface area contributed by atoms with Crippen molar-refractivity contribution in [1.82, 2.24) is 20.0 Å². The predicted molar refractivity (Wildman–Crippen MR) is 235 cm³/mol. The standard InChI is InChI=1S/C48H55ClFN7O5/c1-31-6-5-19-54(18-4-2-3-7-37(31)34-8-9-35(29-51)40(49)26-34)36-12-10-33(11-13-36)46(60)56-24-22-53(23-25-56)30-32-16-20-55(21-17-32)43-28-39-38(27-41(43)50)47(61)57(48(39)62)42-14-15-44(58)52-45(42)59/h8-13,26-28,31-32,37,42H,2-7,14-25,30H2,1H3,(H,52,58,59)/t31-,37?,42?/m0/s1. The summed E-state index contributed by atoms with van der Waals surface area (Å²) in [7, 11) is 0. The van der Waals surface area contributed by atoms with E-state index in [1.165, 1.54) is 11.6 Å². The molecule has 62 heavy (non-hydrogen) atoms. The second kappa shape index (κ2) is 19.0. The third-order valence-corrected chi connectivity index (χ3v) is 14.2. The maximum atomic E-state index is 15.5. The van der Waals surface area contributed by atoms with Crippen molar-refractivity contribution in [3.8, 4) is 6.07 Å². The van der Waals surface area contributed by atoms with Crippen LogP contribution in [-0.2, 0) is 9.59 Å². The molecule has 1 N–H and O–H groups in total. The first-order valence-corrected chi connectivity index (χ1v) is 22.7. The fourth-order valence-electron chi connectivity index (χ4n) is 10.2. The number of hydrogen-bond acceptors (Lipinski definition) is 9. The second-order valence-corrected chi connectivity index (χ2v) is 18.2. The van der Waals surface area contributed by atoms with Gasteiger partial charge in [-0.3, -0.25) is 39.1 Å². The number of rotatable bonds is 7. The van der Waals surface area contributed by atoms with E-state index < -0.39 is 35.5 Å². The van der Waals surface area contributed by atoms with E-state index in [1.54, 1.807) is 0 Å².